The van der Waals surface area contributed by atoms with Gasteiger partial charge in [-0.15, -0.1) is 0 Å². The minimum absolute atomic E-state index is 0.765. The van der Waals surface area contributed by atoms with Crippen LogP contribution in [0.4, 0.5) is 11.4 Å². The molecule has 0 spiro atoms. The van der Waals surface area contributed by atoms with Crippen molar-refractivity contribution >= 4 is 23.1 Å². The van der Waals surface area contributed by atoms with Gasteiger partial charge in [-0.3, -0.25) is 4.48 Å². The number of methoxy groups -OCH3 is 1. The molecule has 0 fully saturated rings. The van der Waals surface area contributed by atoms with Crippen LogP contribution in [0.3, 0.4) is 0 Å². The third-order valence-electron chi connectivity index (χ3n) is 4.09. The lowest BCUT2D eigenvalue weighted by molar-refractivity contribution is 0.172. The highest BCUT2D eigenvalue weighted by molar-refractivity contribution is 7.99. The van der Waals surface area contributed by atoms with Gasteiger partial charge in [0, 0.05) is 19.2 Å². The van der Waals surface area contributed by atoms with Crippen molar-refractivity contribution in [1.29, 1.82) is 0 Å². The van der Waals surface area contributed by atoms with Gasteiger partial charge in [-0.25, -0.2) is 0 Å². The molecule has 3 rings (SSSR count). The van der Waals surface area contributed by atoms with Crippen LogP contribution in [0.25, 0.3) is 0 Å². The Labute approximate surface area is 125 Å². The molecule has 0 aliphatic carbocycles. The maximum absolute atomic E-state index is 5.38. The average molecular weight is 286 g/mol. The summed E-state index contributed by atoms with van der Waals surface area (Å²) in [6, 6.07) is 17.5. The first-order valence-corrected chi connectivity index (χ1v) is 7.86. The van der Waals surface area contributed by atoms with Crippen LogP contribution in [0.15, 0.2) is 58.3 Å². The van der Waals surface area contributed by atoms with E-state index >= 15 is 0 Å². The number of likely N-dealkylation sites (N-methyl/N-ethyl adjacent to an activating group) is 1. The number of quaternary nitrogens is 1. The van der Waals surface area contributed by atoms with Gasteiger partial charge >= 0.3 is 0 Å². The number of ether oxygens (including phenoxy) is 1. The number of rotatable bonds is 4. The Hall–Kier alpha value is -1.29. The molecule has 0 aromatic heterocycles. The van der Waals surface area contributed by atoms with Gasteiger partial charge in [-0.1, -0.05) is 36.0 Å². The second kappa shape index (κ2) is 5.60. The fourth-order valence-electron chi connectivity index (χ4n) is 3.03. The van der Waals surface area contributed by atoms with Crippen molar-refractivity contribution in [2.45, 2.75) is 16.7 Å². The van der Waals surface area contributed by atoms with E-state index in [1.54, 1.807) is 7.11 Å². The van der Waals surface area contributed by atoms with Gasteiger partial charge in [0.2, 0.25) is 0 Å². The average Bonchev–Trinajstić information content (AvgIpc) is 2.51. The van der Waals surface area contributed by atoms with Crippen molar-refractivity contribution in [1.82, 2.24) is 4.48 Å². The van der Waals surface area contributed by atoms with Crippen molar-refractivity contribution < 1.29 is 4.74 Å². The van der Waals surface area contributed by atoms with Gasteiger partial charge in [0.1, 0.15) is 6.54 Å². The van der Waals surface area contributed by atoms with Crippen molar-refractivity contribution in [3.05, 3.63) is 48.5 Å². The summed E-state index contributed by atoms with van der Waals surface area (Å²) < 4.78 is 6.26. The first-order chi connectivity index (χ1) is 9.81. The number of benzene rings is 2. The van der Waals surface area contributed by atoms with E-state index in [-0.39, 0.29) is 0 Å². The summed E-state index contributed by atoms with van der Waals surface area (Å²) in [7, 11) is 1.78. The van der Waals surface area contributed by atoms with Gasteiger partial charge in [0.25, 0.3) is 0 Å². The van der Waals surface area contributed by atoms with E-state index in [0.29, 0.717) is 0 Å². The van der Waals surface area contributed by atoms with Gasteiger partial charge < -0.3 is 4.74 Å². The quantitative estimate of drug-likeness (QED) is 0.768. The van der Waals surface area contributed by atoms with Crippen LogP contribution in [0.5, 0.6) is 0 Å². The summed E-state index contributed by atoms with van der Waals surface area (Å²) in [5, 5.41) is 0. The van der Waals surface area contributed by atoms with E-state index in [1.807, 2.05) is 11.8 Å². The highest BCUT2D eigenvalue weighted by Gasteiger charge is 2.39. The molecule has 0 atom stereocenters. The molecule has 0 saturated carbocycles. The van der Waals surface area contributed by atoms with E-state index in [2.05, 4.69) is 55.5 Å². The molecule has 2 aromatic rings. The summed E-state index contributed by atoms with van der Waals surface area (Å²) in [5.74, 6) is 0. The van der Waals surface area contributed by atoms with E-state index in [9.17, 15) is 0 Å². The molecule has 2 aromatic carbocycles. The van der Waals surface area contributed by atoms with Crippen LogP contribution in [0.2, 0.25) is 0 Å². The molecule has 0 unspecified atom stereocenters. The van der Waals surface area contributed by atoms with Crippen LogP contribution in [-0.4, -0.2) is 26.8 Å². The van der Waals surface area contributed by atoms with Gasteiger partial charge in [-0.2, -0.15) is 0 Å². The number of para-hydroxylation sites is 2. The normalized spacial score (nSPS) is 15.5. The zero-order valence-electron chi connectivity index (χ0n) is 12.0. The topological polar surface area (TPSA) is 9.23 Å². The molecular formula is C17H20NOS+. The minimum Gasteiger partial charge on any atom is -0.379 e. The van der Waals surface area contributed by atoms with E-state index < -0.39 is 0 Å². The van der Waals surface area contributed by atoms with Crippen molar-refractivity contribution in [3.63, 3.8) is 0 Å². The molecule has 0 amide bonds. The predicted molar refractivity (Wildman–Crippen MR) is 85.7 cm³/mol. The number of hydrogen-bond donors (Lipinski definition) is 0. The Kier molecular flexibility index (Phi) is 3.83. The molecular weight excluding hydrogens is 266 g/mol. The van der Waals surface area contributed by atoms with Gasteiger partial charge in [-0.05, 0) is 19.1 Å². The molecule has 1 aliphatic rings. The smallest absolute Gasteiger partial charge is 0.152 e. The van der Waals surface area contributed by atoms with Gasteiger partial charge in [0.15, 0.2) is 11.4 Å². The molecule has 1 heterocycles. The van der Waals surface area contributed by atoms with Crippen LogP contribution in [0, 0.1) is 0 Å². The van der Waals surface area contributed by atoms with Crippen LogP contribution in [0.1, 0.15) is 6.92 Å². The Morgan fingerprint density at radius 2 is 1.50 bits per heavy atom. The fourth-order valence-corrected chi connectivity index (χ4v) is 4.25. The summed E-state index contributed by atoms with van der Waals surface area (Å²) >= 11 is 1.88. The Balaban J connectivity index is 2.20. The third kappa shape index (κ3) is 2.06. The first kappa shape index (κ1) is 13.7. The minimum atomic E-state index is 0.765. The van der Waals surface area contributed by atoms with E-state index in [1.165, 1.54) is 21.2 Å². The second-order valence-corrected chi connectivity index (χ2v) is 6.12. The maximum Gasteiger partial charge on any atom is 0.152 e. The molecule has 2 nitrogen and oxygen atoms in total. The second-order valence-electron chi connectivity index (χ2n) is 5.04. The summed E-state index contributed by atoms with van der Waals surface area (Å²) in [4.78, 5) is 2.73. The van der Waals surface area contributed by atoms with Crippen LogP contribution < -0.4 is 4.48 Å². The molecule has 0 N–H and O–H groups in total. The zero-order chi connectivity index (χ0) is 14.0. The molecule has 20 heavy (non-hydrogen) atoms. The largest absolute Gasteiger partial charge is 0.379 e. The lowest BCUT2D eigenvalue weighted by Gasteiger charge is -2.41. The third-order valence-corrected chi connectivity index (χ3v) is 5.22. The summed E-state index contributed by atoms with van der Waals surface area (Å²) in [6.07, 6.45) is 0. The molecule has 104 valence electrons. The highest BCUT2D eigenvalue weighted by Crippen LogP contribution is 2.52. The monoisotopic (exact) mass is 286 g/mol. The molecule has 0 saturated heterocycles. The number of fused-ring (bicyclic) bond motifs is 2. The van der Waals surface area contributed by atoms with Crippen molar-refractivity contribution in [2.24, 2.45) is 0 Å². The van der Waals surface area contributed by atoms with E-state index in [4.69, 9.17) is 4.74 Å². The van der Waals surface area contributed by atoms with Gasteiger partial charge in [0.05, 0.1) is 22.9 Å². The lowest BCUT2D eigenvalue weighted by Crippen LogP contribution is -2.48. The van der Waals surface area contributed by atoms with Crippen molar-refractivity contribution in [2.75, 3.05) is 26.8 Å². The Morgan fingerprint density at radius 3 is 2.00 bits per heavy atom. The maximum atomic E-state index is 5.38. The molecule has 0 bridgehead atoms. The summed E-state index contributed by atoms with van der Waals surface area (Å²) in [6.45, 7) is 5.04. The first-order valence-electron chi connectivity index (χ1n) is 7.05. The Morgan fingerprint density at radius 1 is 0.950 bits per heavy atom. The lowest BCUT2D eigenvalue weighted by atomic mass is 10.1. The van der Waals surface area contributed by atoms with Crippen LogP contribution >= 0.6 is 11.8 Å². The molecule has 0 radical (unpaired) electrons. The zero-order valence-corrected chi connectivity index (χ0v) is 12.8. The number of nitrogens with zero attached hydrogens (tertiary/aromatic N) is 1. The van der Waals surface area contributed by atoms with Crippen LogP contribution in [-0.2, 0) is 4.74 Å². The summed E-state index contributed by atoms with van der Waals surface area (Å²) in [5.41, 5.74) is 2.80. The van der Waals surface area contributed by atoms with Crippen molar-refractivity contribution in [3.8, 4) is 0 Å². The number of hydrogen-bond acceptors (Lipinski definition) is 2. The Bertz CT molecular complexity index is 566. The standard InChI is InChI=1S/C17H20NOS/c1-3-18(12-13-19-2)14-8-4-6-10-16(14)20-17-11-7-5-9-15(17)18/h4-11H,3,12-13H2,1-2H3/q+1. The fraction of sp³-hybridized carbons (Fsp3) is 0.294. The SMILES string of the molecule is CC[N+]1(CCOC)c2ccccc2Sc2ccccc21. The van der Waals surface area contributed by atoms with E-state index in [0.717, 1.165) is 24.2 Å². The molecule has 1 aliphatic heterocycles. The highest BCUT2D eigenvalue weighted by atomic mass is 32.2. The predicted octanol–water partition coefficient (Wildman–Crippen LogP) is 4.46. The molecule has 3 heteroatoms.